The van der Waals surface area contributed by atoms with Gasteiger partial charge in [0.15, 0.2) is 0 Å². The van der Waals surface area contributed by atoms with Crippen molar-refractivity contribution in [3.05, 3.63) is 46.6 Å². The van der Waals surface area contributed by atoms with Crippen molar-refractivity contribution < 1.29 is 32.6 Å². The molecule has 0 fully saturated rings. The van der Waals surface area contributed by atoms with Gasteiger partial charge in [-0.05, 0) is 73.1 Å². The minimum absolute atomic E-state index is 0. The van der Waals surface area contributed by atoms with E-state index < -0.39 is 15.6 Å². The van der Waals surface area contributed by atoms with E-state index in [2.05, 4.69) is 54.8 Å². The molecule has 0 aliphatic carbocycles. The van der Waals surface area contributed by atoms with Gasteiger partial charge in [0, 0.05) is 0 Å². The third-order valence-electron chi connectivity index (χ3n) is 4.02. The molecule has 31 heavy (non-hydrogen) atoms. The second-order valence-corrected chi connectivity index (χ2v) is 10.1. The molecule has 184 valence electrons. The summed E-state index contributed by atoms with van der Waals surface area (Å²) in [7, 11) is -10.5. The SMILES string of the molecule is CC(C)=CCC/C(C)=C/CC/C(C)=C/CC/C(C)=C/COP(=O)([O-])OP(=O)([O-])O.[NH4+].[NH4+]. The maximum atomic E-state index is 11.2. The lowest BCUT2D eigenvalue weighted by molar-refractivity contribution is -0.240. The van der Waals surface area contributed by atoms with Gasteiger partial charge in [-0.2, -0.15) is 0 Å². The van der Waals surface area contributed by atoms with Gasteiger partial charge in [0.05, 0.1) is 6.61 Å². The van der Waals surface area contributed by atoms with Crippen LogP contribution in [0.25, 0.3) is 0 Å². The molecule has 11 heteroatoms. The van der Waals surface area contributed by atoms with Gasteiger partial charge in [-0.3, -0.25) is 9.13 Å². The first-order valence-corrected chi connectivity index (χ1v) is 12.6. The van der Waals surface area contributed by atoms with Gasteiger partial charge in [0.1, 0.15) is 0 Å². The lowest BCUT2D eigenvalue weighted by Gasteiger charge is -2.26. The summed E-state index contributed by atoms with van der Waals surface area (Å²) in [6, 6.07) is 0. The summed E-state index contributed by atoms with van der Waals surface area (Å²) in [5.41, 5.74) is 4.96. The standard InChI is InChI=1S/C20H36O7P2.2H3N/c1-17(2)9-6-10-18(3)11-7-12-19(4)13-8-14-20(5)15-16-26-29(24,25)27-28(21,22)23;;/h9,11,13,15H,6-8,10,12,14,16H2,1-5H3,(H,24,25)(H2,21,22,23);2*1H3/b18-11+,19-13+,20-15+;;. The van der Waals surface area contributed by atoms with E-state index in [9.17, 15) is 18.9 Å². The molecule has 0 aliphatic heterocycles. The predicted molar refractivity (Wildman–Crippen MR) is 125 cm³/mol. The van der Waals surface area contributed by atoms with Crippen LogP contribution in [0.5, 0.6) is 0 Å². The van der Waals surface area contributed by atoms with E-state index in [0.717, 1.165) is 44.1 Å². The Bertz CT molecular complexity index is 721. The highest BCUT2D eigenvalue weighted by Gasteiger charge is 2.15. The van der Waals surface area contributed by atoms with Crippen molar-refractivity contribution in [3.8, 4) is 0 Å². The molecule has 2 unspecified atom stereocenters. The molecule has 0 heterocycles. The van der Waals surface area contributed by atoms with Gasteiger partial charge in [-0.1, -0.05) is 46.6 Å². The van der Waals surface area contributed by atoms with Crippen molar-refractivity contribution in [2.24, 2.45) is 0 Å². The van der Waals surface area contributed by atoms with Crippen molar-refractivity contribution >= 4 is 15.6 Å². The third-order valence-corrected chi connectivity index (χ3v) is 6.11. The Hall–Kier alpha value is -0.860. The second kappa shape index (κ2) is 17.7. The van der Waals surface area contributed by atoms with E-state index >= 15 is 0 Å². The monoisotopic (exact) mass is 484 g/mol. The molecular formula is C20H42N2O7P2. The third kappa shape index (κ3) is 23.6. The van der Waals surface area contributed by atoms with Gasteiger partial charge in [-0.25, -0.2) is 4.31 Å². The number of allylic oxidation sites excluding steroid dienone is 7. The summed E-state index contributed by atoms with van der Waals surface area (Å²) in [6.07, 6.45) is 13.9. The molecule has 0 saturated heterocycles. The summed E-state index contributed by atoms with van der Waals surface area (Å²) in [4.78, 5) is 30.0. The first-order chi connectivity index (χ1) is 13.3. The van der Waals surface area contributed by atoms with Crippen LogP contribution >= 0.6 is 15.6 Å². The average molecular weight is 485 g/mol. The molecule has 0 aliphatic rings. The highest BCUT2D eigenvalue weighted by Crippen LogP contribution is 2.52. The topological polar surface area (TPSA) is 192 Å². The Kier molecular flexibility index (Phi) is 19.8. The van der Waals surface area contributed by atoms with Crippen molar-refractivity contribution in [2.75, 3.05) is 6.61 Å². The highest BCUT2D eigenvalue weighted by atomic mass is 31.3. The van der Waals surface area contributed by atoms with Crippen LogP contribution in [0.4, 0.5) is 0 Å². The summed E-state index contributed by atoms with van der Waals surface area (Å²) in [6.45, 7) is 9.94. The van der Waals surface area contributed by atoms with Crippen LogP contribution in [0.3, 0.4) is 0 Å². The van der Waals surface area contributed by atoms with E-state index in [1.807, 2.05) is 6.92 Å². The number of phosphoric acid groups is 2. The number of phosphoric ester groups is 1. The fraction of sp³-hybridized carbons (Fsp3) is 0.600. The molecule has 0 aromatic rings. The largest absolute Gasteiger partial charge is 0.756 e. The van der Waals surface area contributed by atoms with Crippen LogP contribution in [0.1, 0.15) is 73.1 Å². The molecule has 0 rings (SSSR count). The van der Waals surface area contributed by atoms with Gasteiger partial charge in [0.25, 0.3) is 15.6 Å². The maximum Gasteiger partial charge on any atom is 0.274 e. The summed E-state index contributed by atoms with van der Waals surface area (Å²) >= 11 is 0. The van der Waals surface area contributed by atoms with Crippen LogP contribution < -0.4 is 22.1 Å². The minimum Gasteiger partial charge on any atom is -0.756 e. The minimum atomic E-state index is -5.39. The zero-order valence-corrected chi connectivity index (χ0v) is 21.8. The lowest BCUT2D eigenvalue weighted by atomic mass is 10.0. The van der Waals surface area contributed by atoms with Crippen molar-refractivity contribution in [1.82, 2.24) is 12.3 Å². The Balaban J connectivity index is -0.00000392. The van der Waals surface area contributed by atoms with Crippen LogP contribution in [0.15, 0.2) is 46.6 Å². The molecule has 0 spiro atoms. The van der Waals surface area contributed by atoms with Gasteiger partial charge < -0.3 is 31.5 Å². The number of rotatable bonds is 14. The Labute approximate surface area is 187 Å². The second-order valence-electron chi connectivity index (χ2n) is 7.34. The molecule has 0 amide bonds. The zero-order chi connectivity index (χ0) is 22.5. The molecule has 9 nitrogen and oxygen atoms in total. The molecule has 0 radical (unpaired) electrons. The van der Waals surface area contributed by atoms with Crippen LogP contribution in [-0.2, 0) is 18.0 Å². The van der Waals surface area contributed by atoms with Gasteiger partial charge in [0.2, 0.25) is 0 Å². The Morgan fingerprint density at radius 3 is 1.55 bits per heavy atom. The number of hydrogen-bond acceptors (Lipinski definition) is 6. The summed E-state index contributed by atoms with van der Waals surface area (Å²) < 4.78 is 29.4. The molecule has 0 aromatic heterocycles. The molecule has 0 aromatic carbocycles. The number of hydrogen-bond donors (Lipinski definition) is 3. The van der Waals surface area contributed by atoms with Gasteiger partial charge in [-0.15, -0.1) is 0 Å². The van der Waals surface area contributed by atoms with Crippen LogP contribution in [-0.4, -0.2) is 11.5 Å². The van der Waals surface area contributed by atoms with E-state index in [1.165, 1.54) is 22.8 Å². The smallest absolute Gasteiger partial charge is 0.274 e. The van der Waals surface area contributed by atoms with E-state index in [0.29, 0.717) is 0 Å². The first-order valence-electron chi connectivity index (χ1n) is 9.62. The fourth-order valence-corrected chi connectivity index (χ4v) is 3.86. The Morgan fingerprint density at radius 1 is 0.774 bits per heavy atom. The Morgan fingerprint density at radius 2 is 1.16 bits per heavy atom. The van der Waals surface area contributed by atoms with Crippen LogP contribution in [0.2, 0.25) is 0 Å². The van der Waals surface area contributed by atoms with Crippen molar-refractivity contribution in [3.63, 3.8) is 0 Å². The van der Waals surface area contributed by atoms with E-state index in [-0.39, 0.29) is 18.9 Å². The summed E-state index contributed by atoms with van der Waals surface area (Å²) in [5, 5.41) is 0. The first kappa shape index (κ1) is 34.7. The maximum absolute atomic E-state index is 11.2. The van der Waals surface area contributed by atoms with Crippen molar-refractivity contribution in [1.29, 1.82) is 0 Å². The van der Waals surface area contributed by atoms with Crippen LogP contribution in [0, 0.1) is 0 Å². The lowest BCUT2D eigenvalue weighted by Crippen LogP contribution is -2.11. The predicted octanol–water partition coefficient (Wildman–Crippen LogP) is 5.85. The average Bonchev–Trinajstić information content (AvgIpc) is 2.51. The summed E-state index contributed by atoms with van der Waals surface area (Å²) in [5.74, 6) is 0. The molecule has 0 saturated carbocycles. The molecule has 0 bridgehead atoms. The zero-order valence-electron chi connectivity index (χ0n) is 20.1. The molecule has 9 N–H and O–H groups in total. The normalized spacial score (nSPS) is 16.5. The fourth-order valence-electron chi connectivity index (χ4n) is 2.41. The van der Waals surface area contributed by atoms with Gasteiger partial charge >= 0.3 is 0 Å². The van der Waals surface area contributed by atoms with E-state index in [4.69, 9.17) is 4.89 Å². The molecule has 2 atom stereocenters. The molecular weight excluding hydrogens is 442 g/mol. The number of quaternary nitrogens is 2. The van der Waals surface area contributed by atoms with E-state index in [1.54, 1.807) is 0 Å². The van der Waals surface area contributed by atoms with Crippen molar-refractivity contribution in [2.45, 2.75) is 73.1 Å². The quantitative estimate of drug-likeness (QED) is 0.203. The highest BCUT2D eigenvalue weighted by molar-refractivity contribution is 7.59.